The average Bonchev–Trinajstić information content (AvgIpc) is 2.10. The molecular weight excluding hydrogens is 156 g/mol. The second-order valence-corrected chi connectivity index (χ2v) is 4.01. The third kappa shape index (κ3) is 9.39. The summed E-state index contributed by atoms with van der Waals surface area (Å²) in [7, 11) is 0. The predicted octanol–water partition coefficient (Wildman–Crippen LogP) is 4.73. The van der Waals surface area contributed by atoms with Crippen molar-refractivity contribution in [2.24, 2.45) is 5.92 Å². The molecule has 76 valence electrons. The molecule has 0 aliphatic heterocycles. The summed E-state index contributed by atoms with van der Waals surface area (Å²) in [4.78, 5) is 0. The quantitative estimate of drug-likeness (QED) is 0.409. The van der Waals surface area contributed by atoms with Gasteiger partial charge < -0.3 is 0 Å². The largest absolute Gasteiger partial charge is 0.0883 e. The summed E-state index contributed by atoms with van der Waals surface area (Å²) in [5.74, 6) is 0.702. The van der Waals surface area contributed by atoms with Gasteiger partial charge in [-0.3, -0.25) is 0 Å². The molecular formula is C13H24. The molecule has 0 saturated carbocycles. The SMILES string of the molecule is CC/C(C)=C/CCC/C=C/C(C)C. The van der Waals surface area contributed by atoms with Crippen LogP contribution in [0.25, 0.3) is 0 Å². The normalized spacial score (nSPS) is 13.2. The van der Waals surface area contributed by atoms with E-state index in [0.717, 1.165) is 0 Å². The van der Waals surface area contributed by atoms with Gasteiger partial charge in [-0.05, 0) is 38.5 Å². The maximum atomic E-state index is 2.36. The molecule has 0 bridgehead atoms. The number of hydrogen-bond donors (Lipinski definition) is 0. The lowest BCUT2D eigenvalue weighted by Crippen LogP contribution is -1.78. The van der Waals surface area contributed by atoms with Gasteiger partial charge in [0, 0.05) is 0 Å². The summed E-state index contributed by atoms with van der Waals surface area (Å²) in [5, 5.41) is 0. The second kappa shape index (κ2) is 8.10. The zero-order valence-corrected chi connectivity index (χ0v) is 9.64. The lowest BCUT2D eigenvalue weighted by Gasteiger charge is -1.96. The summed E-state index contributed by atoms with van der Waals surface area (Å²) in [6.45, 7) is 8.86. The van der Waals surface area contributed by atoms with Crippen LogP contribution in [0, 0.1) is 5.92 Å². The van der Waals surface area contributed by atoms with Gasteiger partial charge >= 0.3 is 0 Å². The van der Waals surface area contributed by atoms with Gasteiger partial charge in [-0.1, -0.05) is 44.6 Å². The van der Waals surface area contributed by atoms with Gasteiger partial charge in [0.1, 0.15) is 0 Å². The van der Waals surface area contributed by atoms with Crippen LogP contribution in [-0.2, 0) is 0 Å². The maximum absolute atomic E-state index is 2.36. The van der Waals surface area contributed by atoms with Crippen molar-refractivity contribution in [3.05, 3.63) is 23.8 Å². The predicted molar refractivity (Wildman–Crippen MR) is 61.9 cm³/mol. The van der Waals surface area contributed by atoms with Crippen molar-refractivity contribution in [3.63, 3.8) is 0 Å². The van der Waals surface area contributed by atoms with Gasteiger partial charge in [-0.15, -0.1) is 0 Å². The Morgan fingerprint density at radius 2 is 1.92 bits per heavy atom. The minimum absolute atomic E-state index is 0.702. The summed E-state index contributed by atoms with van der Waals surface area (Å²) in [6.07, 6.45) is 11.9. The van der Waals surface area contributed by atoms with Crippen LogP contribution in [0.4, 0.5) is 0 Å². The molecule has 13 heavy (non-hydrogen) atoms. The van der Waals surface area contributed by atoms with E-state index in [2.05, 4.69) is 45.9 Å². The Bertz CT molecular complexity index is 161. The fourth-order valence-corrected chi connectivity index (χ4v) is 1.10. The van der Waals surface area contributed by atoms with Crippen molar-refractivity contribution in [2.45, 2.75) is 53.4 Å². The molecule has 0 saturated heterocycles. The first-order valence-electron chi connectivity index (χ1n) is 5.49. The molecule has 0 nitrogen and oxygen atoms in total. The van der Waals surface area contributed by atoms with Crippen LogP contribution in [0.2, 0.25) is 0 Å². The van der Waals surface area contributed by atoms with Crippen molar-refractivity contribution in [1.29, 1.82) is 0 Å². The topological polar surface area (TPSA) is 0 Å². The molecule has 0 aromatic heterocycles. The monoisotopic (exact) mass is 180 g/mol. The van der Waals surface area contributed by atoms with E-state index in [1.807, 2.05) is 0 Å². The summed E-state index contributed by atoms with van der Waals surface area (Å²) in [6, 6.07) is 0. The molecule has 0 aromatic carbocycles. The highest BCUT2D eigenvalue weighted by Gasteiger charge is 1.86. The van der Waals surface area contributed by atoms with Crippen molar-refractivity contribution in [1.82, 2.24) is 0 Å². The first-order valence-corrected chi connectivity index (χ1v) is 5.49. The van der Waals surface area contributed by atoms with Gasteiger partial charge in [-0.2, -0.15) is 0 Å². The third-order valence-corrected chi connectivity index (χ3v) is 2.15. The standard InChI is InChI=1S/C13H24/c1-5-13(4)11-9-7-6-8-10-12(2)3/h8,10-12H,5-7,9H2,1-4H3/b10-8+,13-11+. The fourth-order valence-electron chi connectivity index (χ4n) is 1.10. The second-order valence-electron chi connectivity index (χ2n) is 4.01. The first kappa shape index (κ1) is 12.5. The number of allylic oxidation sites excluding steroid dienone is 4. The zero-order chi connectivity index (χ0) is 10.1. The molecule has 0 aliphatic carbocycles. The summed E-state index contributed by atoms with van der Waals surface area (Å²) >= 11 is 0. The van der Waals surface area contributed by atoms with Crippen LogP contribution in [0.1, 0.15) is 53.4 Å². The number of hydrogen-bond acceptors (Lipinski definition) is 0. The van der Waals surface area contributed by atoms with Crippen molar-refractivity contribution >= 4 is 0 Å². The van der Waals surface area contributed by atoms with E-state index in [-0.39, 0.29) is 0 Å². The Balaban J connectivity index is 3.36. The molecule has 0 N–H and O–H groups in total. The van der Waals surface area contributed by atoms with Crippen LogP contribution in [-0.4, -0.2) is 0 Å². The van der Waals surface area contributed by atoms with Crippen LogP contribution >= 0.6 is 0 Å². The minimum atomic E-state index is 0.702. The fraction of sp³-hybridized carbons (Fsp3) is 0.692. The van der Waals surface area contributed by atoms with E-state index >= 15 is 0 Å². The molecule has 0 heteroatoms. The Labute approximate surface area is 83.7 Å². The van der Waals surface area contributed by atoms with Gasteiger partial charge in [0.05, 0.1) is 0 Å². The maximum Gasteiger partial charge on any atom is -0.0290 e. The number of rotatable bonds is 6. The summed E-state index contributed by atoms with van der Waals surface area (Å²) < 4.78 is 0. The molecule has 0 rings (SSSR count). The van der Waals surface area contributed by atoms with Gasteiger partial charge in [0.2, 0.25) is 0 Å². The highest BCUT2D eigenvalue weighted by atomic mass is 13.9. The van der Waals surface area contributed by atoms with E-state index in [4.69, 9.17) is 0 Å². The van der Waals surface area contributed by atoms with E-state index < -0.39 is 0 Å². The Kier molecular flexibility index (Phi) is 7.77. The van der Waals surface area contributed by atoms with Crippen LogP contribution in [0.3, 0.4) is 0 Å². The molecule has 0 amide bonds. The van der Waals surface area contributed by atoms with Gasteiger partial charge in [0.25, 0.3) is 0 Å². The highest BCUT2D eigenvalue weighted by Crippen LogP contribution is 2.05. The molecule has 0 heterocycles. The number of unbranched alkanes of at least 4 members (excludes halogenated alkanes) is 2. The molecule has 0 atom stereocenters. The van der Waals surface area contributed by atoms with E-state index in [1.54, 1.807) is 0 Å². The Morgan fingerprint density at radius 3 is 2.46 bits per heavy atom. The zero-order valence-electron chi connectivity index (χ0n) is 9.64. The van der Waals surface area contributed by atoms with E-state index in [0.29, 0.717) is 5.92 Å². The molecule has 0 radical (unpaired) electrons. The smallest absolute Gasteiger partial charge is 0.0290 e. The first-order chi connectivity index (χ1) is 6.16. The molecule has 0 aliphatic rings. The Morgan fingerprint density at radius 1 is 1.23 bits per heavy atom. The summed E-state index contributed by atoms with van der Waals surface area (Å²) in [5.41, 5.74) is 1.52. The molecule has 0 unspecified atom stereocenters. The van der Waals surface area contributed by atoms with E-state index in [9.17, 15) is 0 Å². The van der Waals surface area contributed by atoms with Gasteiger partial charge in [0.15, 0.2) is 0 Å². The Hall–Kier alpha value is -0.520. The average molecular weight is 180 g/mol. The lowest BCUT2D eigenvalue weighted by molar-refractivity contribution is 0.806. The van der Waals surface area contributed by atoms with Crippen LogP contribution in [0.5, 0.6) is 0 Å². The van der Waals surface area contributed by atoms with Crippen LogP contribution in [0.15, 0.2) is 23.8 Å². The lowest BCUT2D eigenvalue weighted by atomic mass is 10.1. The van der Waals surface area contributed by atoms with Crippen molar-refractivity contribution in [2.75, 3.05) is 0 Å². The molecule has 0 fully saturated rings. The minimum Gasteiger partial charge on any atom is -0.0883 e. The molecule has 0 spiro atoms. The third-order valence-electron chi connectivity index (χ3n) is 2.15. The van der Waals surface area contributed by atoms with Crippen LogP contribution < -0.4 is 0 Å². The highest BCUT2D eigenvalue weighted by molar-refractivity contribution is 4.96. The molecule has 0 aromatic rings. The van der Waals surface area contributed by atoms with E-state index in [1.165, 1.54) is 31.3 Å². The van der Waals surface area contributed by atoms with Crippen molar-refractivity contribution < 1.29 is 0 Å². The van der Waals surface area contributed by atoms with Crippen molar-refractivity contribution in [3.8, 4) is 0 Å². The van der Waals surface area contributed by atoms with Gasteiger partial charge in [-0.25, -0.2) is 0 Å².